The van der Waals surface area contributed by atoms with Crippen molar-refractivity contribution in [2.45, 2.75) is 44.6 Å². The van der Waals surface area contributed by atoms with Crippen LogP contribution in [-0.2, 0) is 9.59 Å². The van der Waals surface area contributed by atoms with Crippen LogP contribution >= 0.6 is 0 Å². The highest BCUT2D eigenvalue weighted by Crippen LogP contribution is 2.49. The van der Waals surface area contributed by atoms with E-state index in [-0.39, 0.29) is 23.5 Å². The van der Waals surface area contributed by atoms with Crippen LogP contribution in [0.5, 0.6) is 0 Å². The molecule has 1 aromatic heterocycles. The second-order valence-electron chi connectivity index (χ2n) is 9.37. The summed E-state index contributed by atoms with van der Waals surface area (Å²) in [5.41, 5.74) is 5.56. The lowest BCUT2D eigenvalue weighted by Gasteiger charge is -2.33. The first-order chi connectivity index (χ1) is 16.1. The first-order valence-electron chi connectivity index (χ1n) is 11.7. The molecular formula is C28H26N2O3. The van der Waals surface area contributed by atoms with Crippen molar-refractivity contribution in [1.29, 1.82) is 0 Å². The van der Waals surface area contributed by atoms with Crippen LogP contribution in [0.3, 0.4) is 0 Å². The van der Waals surface area contributed by atoms with Gasteiger partial charge in [0.2, 0.25) is 5.91 Å². The van der Waals surface area contributed by atoms with Crippen LogP contribution in [0.25, 0.3) is 0 Å². The van der Waals surface area contributed by atoms with E-state index in [4.69, 9.17) is 4.42 Å². The van der Waals surface area contributed by atoms with E-state index in [0.29, 0.717) is 24.2 Å². The van der Waals surface area contributed by atoms with Gasteiger partial charge < -0.3 is 9.73 Å². The Bertz CT molecular complexity index is 1250. The highest BCUT2D eigenvalue weighted by Gasteiger charge is 2.45. The zero-order chi connectivity index (χ0) is 22.5. The van der Waals surface area contributed by atoms with E-state index in [0.717, 1.165) is 29.9 Å². The zero-order valence-corrected chi connectivity index (χ0v) is 18.6. The molecule has 0 spiro atoms. The van der Waals surface area contributed by atoms with Gasteiger partial charge in [0.25, 0.3) is 0 Å². The van der Waals surface area contributed by atoms with Gasteiger partial charge in [0.15, 0.2) is 5.78 Å². The predicted molar refractivity (Wildman–Crippen MR) is 127 cm³/mol. The van der Waals surface area contributed by atoms with Gasteiger partial charge in [-0.15, -0.1) is 0 Å². The molecule has 1 amide bonds. The van der Waals surface area contributed by atoms with Crippen molar-refractivity contribution >= 4 is 23.1 Å². The number of para-hydroxylation sites is 2. The van der Waals surface area contributed by atoms with Crippen molar-refractivity contribution in [3.63, 3.8) is 0 Å². The van der Waals surface area contributed by atoms with Crippen molar-refractivity contribution in [3.8, 4) is 0 Å². The standard InChI is InChI=1S/C28H26N2O3/c1-17-8-10-18(11-9-17)20-15-22-26(24(31)16-20)27(25-7-4-14-33-25)30(28(32)19-12-13-19)23-6-3-2-5-21(23)29-22/h2-11,14,19-20,27,29H,12-13,15-16H2,1H3/t20-,27-/m1/s1. The number of furan rings is 1. The molecule has 1 aliphatic heterocycles. The first-order valence-corrected chi connectivity index (χ1v) is 11.7. The van der Waals surface area contributed by atoms with Crippen LogP contribution < -0.4 is 10.2 Å². The van der Waals surface area contributed by atoms with Crippen LogP contribution in [0.15, 0.2) is 82.6 Å². The molecule has 0 saturated heterocycles. The van der Waals surface area contributed by atoms with Crippen molar-refractivity contribution < 1.29 is 14.0 Å². The summed E-state index contributed by atoms with van der Waals surface area (Å²) in [6, 6.07) is 19.4. The van der Waals surface area contributed by atoms with Crippen LogP contribution in [0.1, 0.15) is 54.5 Å². The van der Waals surface area contributed by atoms with Crippen LogP contribution in [0.2, 0.25) is 0 Å². The highest BCUT2D eigenvalue weighted by molar-refractivity contribution is 6.07. The molecule has 0 bridgehead atoms. The average molecular weight is 439 g/mol. The largest absolute Gasteiger partial charge is 0.467 e. The van der Waals surface area contributed by atoms with Gasteiger partial charge in [-0.05, 0) is 61.9 Å². The third-order valence-electron chi connectivity index (χ3n) is 7.01. The number of nitrogens with zero attached hydrogens (tertiary/aromatic N) is 1. The third kappa shape index (κ3) is 3.48. The summed E-state index contributed by atoms with van der Waals surface area (Å²) in [4.78, 5) is 29.2. The molecule has 2 atom stereocenters. The second-order valence-corrected chi connectivity index (χ2v) is 9.37. The number of ketones is 1. The summed E-state index contributed by atoms with van der Waals surface area (Å²) in [5.74, 6) is 0.859. The molecule has 5 heteroatoms. The topological polar surface area (TPSA) is 62.6 Å². The van der Waals surface area contributed by atoms with Gasteiger partial charge in [-0.25, -0.2) is 0 Å². The van der Waals surface area contributed by atoms with Crippen LogP contribution in [-0.4, -0.2) is 11.7 Å². The SMILES string of the molecule is Cc1ccc([C@H]2CC(=O)C3=C(C2)Nc2ccccc2N(C(=O)C2CC2)[C@@H]3c2ccco2)cc1. The normalized spacial score (nSPS) is 22.3. The summed E-state index contributed by atoms with van der Waals surface area (Å²) in [6.45, 7) is 2.07. The number of fused-ring (bicyclic) bond motifs is 1. The Labute approximate surface area is 193 Å². The summed E-state index contributed by atoms with van der Waals surface area (Å²) in [5, 5.41) is 3.56. The second kappa shape index (κ2) is 7.77. The molecule has 3 aromatic rings. The van der Waals surface area contributed by atoms with Gasteiger partial charge in [0.1, 0.15) is 11.8 Å². The molecular weight excluding hydrogens is 412 g/mol. The fourth-order valence-corrected chi connectivity index (χ4v) is 5.15. The number of rotatable bonds is 3. The van der Waals surface area contributed by atoms with Crippen LogP contribution in [0.4, 0.5) is 11.4 Å². The smallest absolute Gasteiger partial charge is 0.231 e. The molecule has 5 nitrogen and oxygen atoms in total. The molecule has 0 unspecified atom stereocenters. The number of nitrogens with one attached hydrogen (secondary N) is 1. The number of allylic oxidation sites excluding steroid dienone is 1. The van der Waals surface area contributed by atoms with E-state index in [1.165, 1.54) is 11.1 Å². The maximum atomic E-state index is 13.8. The van der Waals surface area contributed by atoms with Gasteiger partial charge in [0.05, 0.1) is 17.6 Å². The summed E-state index contributed by atoms with van der Waals surface area (Å²) < 4.78 is 5.84. The van der Waals surface area contributed by atoms with Crippen molar-refractivity contribution in [1.82, 2.24) is 0 Å². The van der Waals surface area contributed by atoms with E-state index in [9.17, 15) is 9.59 Å². The van der Waals surface area contributed by atoms with E-state index in [1.54, 1.807) is 6.26 Å². The van der Waals surface area contributed by atoms with Crippen molar-refractivity contribution in [3.05, 3.63) is 95.1 Å². The van der Waals surface area contributed by atoms with E-state index < -0.39 is 6.04 Å². The lowest BCUT2D eigenvalue weighted by atomic mass is 9.79. The van der Waals surface area contributed by atoms with Crippen molar-refractivity contribution in [2.75, 3.05) is 10.2 Å². The Hall–Kier alpha value is -3.60. The van der Waals surface area contributed by atoms with Gasteiger partial charge in [-0.2, -0.15) is 0 Å². The summed E-state index contributed by atoms with van der Waals surface area (Å²) >= 11 is 0. The zero-order valence-electron chi connectivity index (χ0n) is 18.6. The maximum Gasteiger partial charge on any atom is 0.231 e. The minimum Gasteiger partial charge on any atom is -0.467 e. The fourth-order valence-electron chi connectivity index (χ4n) is 5.15. The Kier molecular flexibility index (Phi) is 4.72. The van der Waals surface area contributed by atoms with Gasteiger partial charge in [-0.3, -0.25) is 14.5 Å². The first kappa shape index (κ1) is 20.0. The number of benzene rings is 2. The molecule has 166 valence electrons. The van der Waals surface area contributed by atoms with E-state index >= 15 is 0 Å². The minimum atomic E-state index is -0.564. The number of carbonyl (C=O) groups is 2. The highest BCUT2D eigenvalue weighted by atomic mass is 16.3. The quantitative estimate of drug-likeness (QED) is 0.553. The van der Waals surface area contributed by atoms with Crippen LogP contribution in [0, 0.1) is 12.8 Å². The van der Waals surface area contributed by atoms with Gasteiger partial charge in [0, 0.05) is 23.6 Å². The molecule has 33 heavy (non-hydrogen) atoms. The molecule has 1 fully saturated rings. The van der Waals surface area contributed by atoms with Gasteiger partial charge >= 0.3 is 0 Å². The molecule has 1 N–H and O–H groups in total. The molecule has 2 aliphatic carbocycles. The number of aryl methyl sites for hydroxylation is 1. The monoisotopic (exact) mass is 438 g/mol. The number of hydrogen-bond acceptors (Lipinski definition) is 4. The van der Waals surface area contributed by atoms with Gasteiger partial charge in [-0.1, -0.05) is 42.0 Å². The Balaban J connectivity index is 1.51. The Morgan fingerprint density at radius 2 is 1.79 bits per heavy atom. The van der Waals surface area contributed by atoms with E-state index in [1.807, 2.05) is 41.3 Å². The maximum absolute atomic E-state index is 13.8. The van der Waals surface area contributed by atoms with E-state index in [2.05, 4.69) is 36.5 Å². The molecule has 1 saturated carbocycles. The summed E-state index contributed by atoms with van der Waals surface area (Å²) in [6.07, 6.45) is 4.53. The number of Topliss-reactive ketones (excluding diaryl/α,β-unsaturated/α-hetero) is 1. The Morgan fingerprint density at radius 1 is 1.00 bits per heavy atom. The number of hydrogen-bond donors (Lipinski definition) is 1. The lowest BCUT2D eigenvalue weighted by Crippen LogP contribution is -2.39. The molecule has 0 radical (unpaired) electrons. The lowest BCUT2D eigenvalue weighted by molar-refractivity contribution is -0.120. The molecule has 6 rings (SSSR count). The molecule has 2 aromatic carbocycles. The molecule has 3 aliphatic rings. The number of carbonyl (C=O) groups excluding carboxylic acids is 2. The third-order valence-corrected chi connectivity index (χ3v) is 7.01. The predicted octanol–water partition coefficient (Wildman–Crippen LogP) is 5.90. The minimum absolute atomic E-state index is 0.0108. The molecule has 2 heterocycles. The number of amides is 1. The fraction of sp³-hybridized carbons (Fsp3) is 0.286. The Morgan fingerprint density at radius 3 is 2.52 bits per heavy atom. The van der Waals surface area contributed by atoms with Crippen molar-refractivity contribution in [2.24, 2.45) is 5.92 Å². The number of anilines is 2. The summed E-state index contributed by atoms with van der Waals surface area (Å²) in [7, 11) is 0. The average Bonchev–Trinajstić information content (AvgIpc) is 3.56.